The van der Waals surface area contributed by atoms with Crippen molar-refractivity contribution < 1.29 is 9.90 Å². The number of amides is 1. The fraction of sp³-hybridized carbons (Fsp3) is 0.500. The minimum atomic E-state index is -0.00435. The number of aliphatic hydroxyl groups is 1. The zero-order valence-corrected chi connectivity index (χ0v) is 9.25. The summed E-state index contributed by atoms with van der Waals surface area (Å²) in [5.74, 6) is -0.00435. The highest BCUT2D eigenvalue weighted by molar-refractivity contribution is 7.08. The molecule has 0 fully saturated rings. The van der Waals surface area contributed by atoms with Gasteiger partial charge >= 0.3 is 0 Å². The Morgan fingerprint density at radius 1 is 1.64 bits per heavy atom. The quantitative estimate of drug-likeness (QED) is 0.825. The summed E-state index contributed by atoms with van der Waals surface area (Å²) < 4.78 is 0. The van der Waals surface area contributed by atoms with Crippen molar-refractivity contribution in [2.45, 2.75) is 19.9 Å². The van der Waals surface area contributed by atoms with Crippen molar-refractivity contribution in [3.63, 3.8) is 0 Å². The summed E-state index contributed by atoms with van der Waals surface area (Å²) in [6, 6.07) is 1.93. The van der Waals surface area contributed by atoms with E-state index in [9.17, 15) is 4.79 Å². The summed E-state index contributed by atoms with van der Waals surface area (Å²) in [5.41, 5.74) is 0.706. The van der Waals surface area contributed by atoms with Gasteiger partial charge in [0, 0.05) is 18.0 Å². The van der Waals surface area contributed by atoms with Crippen LogP contribution >= 0.6 is 11.3 Å². The number of thiophene rings is 1. The van der Waals surface area contributed by atoms with Crippen molar-refractivity contribution >= 4 is 17.2 Å². The first kappa shape index (κ1) is 11.2. The Kier molecular flexibility index (Phi) is 4.10. The van der Waals surface area contributed by atoms with Gasteiger partial charge in [0.05, 0.1) is 12.2 Å². The molecule has 0 aromatic carbocycles. The molecule has 1 aromatic rings. The fourth-order valence-electron chi connectivity index (χ4n) is 1.25. The Labute approximate surface area is 88.0 Å². The molecule has 1 aromatic heterocycles. The lowest BCUT2D eigenvalue weighted by atomic mass is 10.2. The van der Waals surface area contributed by atoms with Gasteiger partial charge in [-0.25, -0.2) is 0 Å². The molecule has 0 aliphatic carbocycles. The van der Waals surface area contributed by atoms with Crippen LogP contribution in [0.2, 0.25) is 0 Å². The van der Waals surface area contributed by atoms with Crippen molar-refractivity contribution in [1.82, 2.24) is 4.90 Å². The number of nitrogens with zero attached hydrogens (tertiary/aromatic N) is 1. The van der Waals surface area contributed by atoms with E-state index in [1.165, 1.54) is 11.3 Å². The molecule has 1 amide bonds. The maximum Gasteiger partial charge on any atom is 0.255 e. The molecule has 0 unspecified atom stereocenters. The molecule has 14 heavy (non-hydrogen) atoms. The topological polar surface area (TPSA) is 40.5 Å². The molecule has 1 N–H and O–H groups in total. The van der Waals surface area contributed by atoms with E-state index in [0.29, 0.717) is 12.1 Å². The highest BCUT2D eigenvalue weighted by Crippen LogP contribution is 2.11. The molecule has 3 nitrogen and oxygen atoms in total. The summed E-state index contributed by atoms with van der Waals surface area (Å²) in [4.78, 5) is 13.5. The highest BCUT2D eigenvalue weighted by Gasteiger charge is 2.17. The lowest BCUT2D eigenvalue weighted by Crippen LogP contribution is -2.38. The summed E-state index contributed by atoms with van der Waals surface area (Å²) >= 11 is 1.51. The zero-order chi connectivity index (χ0) is 10.6. The van der Waals surface area contributed by atoms with E-state index >= 15 is 0 Å². The molecule has 4 heteroatoms. The van der Waals surface area contributed by atoms with E-state index in [4.69, 9.17) is 5.11 Å². The first-order chi connectivity index (χ1) is 6.66. The molecular formula is C10H15NO2S. The molecule has 1 rings (SSSR count). The first-order valence-electron chi connectivity index (χ1n) is 4.61. The predicted octanol–water partition coefficient (Wildman–Crippen LogP) is 1.59. The van der Waals surface area contributed by atoms with E-state index in [-0.39, 0.29) is 18.6 Å². The maximum absolute atomic E-state index is 11.9. The molecule has 0 radical (unpaired) electrons. The van der Waals surface area contributed by atoms with Gasteiger partial charge in [0.2, 0.25) is 0 Å². The Balaban J connectivity index is 2.74. The normalized spacial score (nSPS) is 10.6. The zero-order valence-electron chi connectivity index (χ0n) is 8.43. The fourth-order valence-corrected chi connectivity index (χ4v) is 1.88. The summed E-state index contributed by atoms with van der Waals surface area (Å²) in [6.07, 6.45) is 0. The number of carbonyl (C=O) groups excluding carboxylic acids is 1. The summed E-state index contributed by atoms with van der Waals surface area (Å²) in [6.45, 7) is 4.29. The van der Waals surface area contributed by atoms with Crippen LogP contribution in [0.3, 0.4) is 0 Å². The van der Waals surface area contributed by atoms with Gasteiger partial charge < -0.3 is 10.0 Å². The van der Waals surface area contributed by atoms with Crippen LogP contribution in [0.5, 0.6) is 0 Å². The summed E-state index contributed by atoms with van der Waals surface area (Å²) in [5, 5.41) is 12.5. The Morgan fingerprint density at radius 2 is 2.36 bits per heavy atom. The number of hydrogen-bond acceptors (Lipinski definition) is 3. The minimum absolute atomic E-state index is 0.00435. The van der Waals surface area contributed by atoms with Crippen LogP contribution in [0, 0.1) is 0 Å². The lowest BCUT2D eigenvalue weighted by Gasteiger charge is -2.25. The average Bonchev–Trinajstić information content (AvgIpc) is 2.65. The third kappa shape index (κ3) is 2.56. The predicted molar refractivity (Wildman–Crippen MR) is 57.6 cm³/mol. The number of rotatable bonds is 4. The largest absolute Gasteiger partial charge is 0.395 e. The Hall–Kier alpha value is -0.870. The SMILES string of the molecule is CC(C)N(CCO)C(=O)c1ccsc1. The molecule has 0 aliphatic rings. The van der Waals surface area contributed by atoms with Gasteiger partial charge in [-0.3, -0.25) is 4.79 Å². The molecular weight excluding hydrogens is 198 g/mol. The first-order valence-corrected chi connectivity index (χ1v) is 5.55. The van der Waals surface area contributed by atoms with Crippen LogP contribution in [-0.2, 0) is 0 Å². The van der Waals surface area contributed by atoms with Crippen LogP contribution in [0.25, 0.3) is 0 Å². The van der Waals surface area contributed by atoms with Crippen molar-refractivity contribution in [2.24, 2.45) is 0 Å². The van der Waals surface area contributed by atoms with E-state index < -0.39 is 0 Å². The summed E-state index contributed by atoms with van der Waals surface area (Å²) in [7, 11) is 0. The second kappa shape index (κ2) is 5.12. The Bertz CT molecular complexity index is 282. The smallest absolute Gasteiger partial charge is 0.255 e. The van der Waals surface area contributed by atoms with Gasteiger partial charge in [0.15, 0.2) is 0 Å². The monoisotopic (exact) mass is 213 g/mol. The maximum atomic E-state index is 11.9. The third-order valence-corrected chi connectivity index (χ3v) is 2.68. The highest BCUT2D eigenvalue weighted by atomic mass is 32.1. The van der Waals surface area contributed by atoms with Crippen molar-refractivity contribution in [2.75, 3.05) is 13.2 Å². The second-order valence-electron chi connectivity index (χ2n) is 3.33. The van der Waals surface area contributed by atoms with Crippen molar-refractivity contribution in [3.8, 4) is 0 Å². The molecule has 0 aliphatic heterocycles. The van der Waals surface area contributed by atoms with Crippen LogP contribution in [0.15, 0.2) is 16.8 Å². The molecule has 0 atom stereocenters. The molecule has 0 bridgehead atoms. The van der Waals surface area contributed by atoms with Gasteiger partial charge in [-0.05, 0) is 25.3 Å². The van der Waals surface area contributed by atoms with Gasteiger partial charge in [0.25, 0.3) is 5.91 Å². The molecule has 0 spiro atoms. The van der Waals surface area contributed by atoms with Crippen LogP contribution in [-0.4, -0.2) is 35.1 Å². The molecule has 0 saturated heterocycles. The van der Waals surface area contributed by atoms with Gasteiger partial charge in [-0.15, -0.1) is 0 Å². The standard InChI is InChI=1S/C10H15NO2S/c1-8(2)11(4-5-12)10(13)9-3-6-14-7-9/h3,6-8,12H,4-5H2,1-2H3. The Morgan fingerprint density at radius 3 is 2.79 bits per heavy atom. The average molecular weight is 213 g/mol. The number of aliphatic hydroxyl groups excluding tert-OH is 1. The van der Waals surface area contributed by atoms with E-state index in [1.54, 1.807) is 11.0 Å². The van der Waals surface area contributed by atoms with Crippen LogP contribution in [0.1, 0.15) is 24.2 Å². The molecule has 0 saturated carbocycles. The second-order valence-corrected chi connectivity index (χ2v) is 4.11. The number of carbonyl (C=O) groups is 1. The van der Waals surface area contributed by atoms with E-state index in [0.717, 1.165) is 0 Å². The number of hydrogen-bond donors (Lipinski definition) is 1. The third-order valence-electron chi connectivity index (χ3n) is 1.99. The minimum Gasteiger partial charge on any atom is -0.395 e. The van der Waals surface area contributed by atoms with E-state index in [1.807, 2.05) is 24.6 Å². The van der Waals surface area contributed by atoms with E-state index in [2.05, 4.69) is 0 Å². The van der Waals surface area contributed by atoms with Crippen LogP contribution < -0.4 is 0 Å². The van der Waals surface area contributed by atoms with Gasteiger partial charge in [0.1, 0.15) is 0 Å². The molecule has 78 valence electrons. The molecule has 1 heterocycles. The van der Waals surface area contributed by atoms with Crippen molar-refractivity contribution in [3.05, 3.63) is 22.4 Å². The van der Waals surface area contributed by atoms with Gasteiger partial charge in [-0.2, -0.15) is 11.3 Å². The van der Waals surface area contributed by atoms with Gasteiger partial charge in [-0.1, -0.05) is 0 Å². The van der Waals surface area contributed by atoms with Crippen molar-refractivity contribution in [1.29, 1.82) is 0 Å². The lowest BCUT2D eigenvalue weighted by molar-refractivity contribution is 0.0666. The van der Waals surface area contributed by atoms with Crippen LogP contribution in [0.4, 0.5) is 0 Å².